The topological polar surface area (TPSA) is 63.3 Å². The van der Waals surface area contributed by atoms with Crippen LogP contribution in [0.2, 0.25) is 0 Å². The third kappa shape index (κ3) is 6.27. The highest BCUT2D eigenvalue weighted by Gasteiger charge is 2.17. The van der Waals surface area contributed by atoms with Gasteiger partial charge in [0, 0.05) is 16.8 Å². The lowest BCUT2D eigenvalue weighted by atomic mass is 9.98. The van der Waals surface area contributed by atoms with Crippen molar-refractivity contribution in [2.75, 3.05) is 6.61 Å². The molecule has 0 aliphatic carbocycles. The number of thiophene rings is 1. The van der Waals surface area contributed by atoms with Crippen LogP contribution in [0, 0.1) is 11.6 Å². The molecule has 0 bridgehead atoms. The standard InChI is InChI=1S/C20H25F2NO2S/c1-20(23,13-24)11-10-15-7-9-19(26-15)18(25)5-3-2-4-14-6-8-16(21)17(22)12-14/h6-9,12,24H,2-5,10-11,13,23H2,1H3. The molecule has 0 fully saturated rings. The lowest BCUT2D eigenvalue weighted by Crippen LogP contribution is -2.40. The smallest absolute Gasteiger partial charge is 0.172 e. The van der Waals surface area contributed by atoms with E-state index in [0.29, 0.717) is 25.7 Å². The van der Waals surface area contributed by atoms with Crippen molar-refractivity contribution >= 4 is 17.1 Å². The maximum absolute atomic E-state index is 13.2. The predicted octanol–water partition coefficient (Wildman–Crippen LogP) is 4.26. The molecule has 3 nitrogen and oxygen atoms in total. The Labute approximate surface area is 156 Å². The van der Waals surface area contributed by atoms with Crippen LogP contribution in [-0.2, 0) is 12.8 Å². The van der Waals surface area contributed by atoms with Gasteiger partial charge in [0.1, 0.15) is 0 Å². The SMILES string of the molecule is CC(N)(CO)CCc1ccc(C(=O)CCCCc2ccc(F)c(F)c2)s1. The first-order valence-electron chi connectivity index (χ1n) is 8.76. The Hall–Kier alpha value is -1.63. The van der Waals surface area contributed by atoms with Crippen LogP contribution in [0.25, 0.3) is 0 Å². The number of carbonyl (C=O) groups excluding carboxylic acids is 1. The summed E-state index contributed by atoms with van der Waals surface area (Å²) >= 11 is 1.47. The zero-order valence-corrected chi connectivity index (χ0v) is 15.7. The van der Waals surface area contributed by atoms with Crippen molar-refractivity contribution in [3.8, 4) is 0 Å². The Bertz CT molecular complexity index is 743. The second-order valence-corrected chi connectivity index (χ2v) is 8.13. The molecule has 0 aliphatic rings. The second-order valence-electron chi connectivity index (χ2n) is 6.96. The summed E-state index contributed by atoms with van der Waals surface area (Å²) in [5, 5.41) is 9.18. The molecule has 1 heterocycles. The molecule has 0 aliphatic heterocycles. The van der Waals surface area contributed by atoms with Crippen LogP contribution >= 0.6 is 11.3 Å². The van der Waals surface area contributed by atoms with Gasteiger partial charge in [-0.2, -0.15) is 0 Å². The monoisotopic (exact) mass is 381 g/mol. The number of hydrogen-bond acceptors (Lipinski definition) is 4. The maximum Gasteiger partial charge on any atom is 0.172 e. The largest absolute Gasteiger partial charge is 0.394 e. The van der Waals surface area contributed by atoms with Crippen molar-refractivity contribution < 1.29 is 18.7 Å². The summed E-state index contributed by atoms with van der Waals surface area (Å²) in [4.78, 5) is 14.1. The lowest BCUT2D eigenvalue weighted by molar-refractivity contribution is 0.0983. The van der Waals surface area contributed by atoms with E-state index in [0.717, 1.165) is 34.2 Å². The molecule has 0 radical (unpaired) electrons. The van der Waals surface area contributed by atoms with E-state index in [9.17, 15) is 18.7 Å². The van der Waals surface area contributed by atoms with Crippen LogP contribution < -0.4 is 5.73 Å². The van der Waals surface area contributed by atoms with Gasteiger partial charge in [0.25, 0.3) is 0 Å². The highest BCUT2D eigenvalue weighted by atomic mass is 32.1. The Kier molecular flexibility index (Phi) is 7.43. The normalized spacial score (nSPS) is 13.6. The molecular formula is C20H25F2NO2S. The third-order valence-electron chi connectivity index (χ3n) is 4.34. The molecule has 26 heavy (non-hydrogen) atoms. The number of nitrogens with two attached hydrogens (primary N) is 1. The van der Waals surface area contributed by atoms with E-state index in [4.69, 9.17) is 5.73 Å². The van der Waals surface area contributed by atoms with E-state index in [1.807, 2.05) is 12.1 Å². The zero-order chi connectivity index (χ0) is 19.2. The van der Waals surface area contributed by atoms with Gasteiger partial charge in [-0.25, -0.2) is 8.78 Å². The van der Waals surface area contributed by atoms with Gasteiger partial charge in [-0.05, 0) is 68.9 Å². The number of carbonyl (C=O) groups is 1. The Morgan fingerprint density at radius 3 is 2.62 bits per heavy atom. The lowest BCUT2D eigenvalue weighted by Gasteiger charge is -2.20. The molecular weight excluding hydrogens is 356 g/mol. The molecule has 0 spiro atoms. The quantitative estimate of drug-likeness (QED) is 0.477. The fourth-order valence-corrected chi connectivity index (χ4v) is 3.56. The van der Waals surface area contributed by atoms with E-state index in [-0.39, 0.29) is 12.4 Å². The molecule has 2 rings (SSSR count). The first kappa shape index (κ1) is 20.7. The van der Waals surface area contributed by atoms with Crippen LogP contribution in [-0.4, -0.2) is 23.0 Å². The average Bonchev–Trinajstić information content (AvgIpc) is 3.09. The van der Waals surface area contributed by atoms with E-state index in [1.165, 1.54) is 17.4 Å². The van der Waals surface area contributed by atoms with Crippen molar-refractivity contribution in [1.29, 1.82) is 0 Å². The summed E-state index contributed by atoms with van der Waals surface area (Å²) in [5.74, 6) is -1.57. The molecule has 0 saturated heterocycles. The minimum absolute atomic E-state index is 0.0673. The number of hydrogen-bond donors (Lipinski definition) is 2. The average molecular weight is 381 g/mol. The molecule has 3 N–H and O–H groups in total. The highest BCUT2D eigenvalue weighted by Crippen LogP contribution is 2.22. The fraction of sp³-hybridized carbons (Fsp3) is 0.450. The number of halogens is 2. The van der Waals surface area contributed by atoms with Gasteiger partial charge in [-0.1, -0.05) is 6.07 Å². The van der Waals surface area contributed by atoms with Gasteiger partial charge in [0.05, 0.1) is 11.5 Å². The summed E-state index contributed by atoms with van der Waals surface area (Å²) in [7, 11) is 0. The van der Waals surface area contributed by atoms with Gasteiger partial charge in [0.15, 0.2) is 17.4 Å². The van der Waals surface area contributed by atoms with E-state index in [1.54, 1.807) is 13.0 Å². The molecule has 1 unspecified atom stereocenters. The highest BCUT2D eigenvalue weighted by molar-refractivity contribution is 7.14. The van der Waals surface area contributed by atoms with Crippen LogP contribution in [0.5, 0.6) is 0 Å². The first-order valence-corrected chi connectivity index (χ1v) is 9.58. The zero-order valence-electron chi connectivity index (χ0n) is 14.9. The summed E-state index contributed by atoms with van der Waals surface area (Å²) in [6.45, 7) is 1.74. The maximum atomic E-state index is 13.2. The molecule has 6 heteroatoms. The van der Waals surface area contributed by atoms with Crippen molar-refractivity contribution in [3.05, 3.63) is 57.3 Å². The summed E-state index contributed by atoms with van der Waals surface area (Å²) in [6.07, 6.45) is 3.91. The van der Waals surface area contributed by atoms with E-state index in [2.05, 4.69) is 0 Å². The second kappa shape index (κ2) is 9.35. The minimum Gasteiger partial charge on any atom is -0.394 e. The molecule has 0 amide bonds. The van der Waals surface area contributed by atoms with Gasteiger partial charge >= 0.3 is 0 Å². The van der Waals surface area contributed by atoms with Gasteiger partial charge in [-0.15, -0.1) is 11.3 Å². The molecule has 1 aromatic carbocycles. The van der Waals surface area contributed by atoms with E-state index < -0.39 is 17.2 Å². The number of aryl methyl sites for hydroxylation is 2. The number of unbranched alkanes of at least 4 members (excludes halogenated alkanes) is 1. The number of aliphatic hydroxyl groups excluding tert-OH is 1. The van der Waals surface area contributed by atoms with Crippen LogP contribution in [0.3, 0.4) is 0 Å². The first-order chi connectivity index (χ1) is 12.3. The van der Waals surface area contributed by atoms with Crippen molar-refractivity contribution in [3.63, 3.8) is 0 Å². The number of ketones is 1. The van der Waals surface area contributed by atoms with Gasteiger partial charge in [0.2, 0.25) is 0 Å². The summed E-state index contributed by atoms with van der Waals surface area (Å²) in [6, 6.07) is 7.69. The summed E-state index contributed by atoms with van der Waals surface area (Å²) in [5.41, 5.74) is 6.06. The fourth-order valence-electron chi connectivity index (χ4n) is 2.58. The van der Waals surface area contributed by atoms with Crippen molar-refractivity contribution in [1.82, 2.24) is 0 Å². The van der Waals surface area contributed by atoms with Crippen LogP contribution in [0.15, 0.2) is 30.3 Å². The minimum atomic E-state index is -0.841. The third-order valence-corrected chi connectivity index (χ3v) is 5.53. The van der Waals surface area contributed by atoms with Crippen LogP contribution in [0.4, 0.5) is 8.78 Å². The number of aliphatic hydroxyl groups is 1. The van der Waals surface area contributed by atoms with Crippen molar-refractivity contribution in [2.45, 2.75) is 51.0 Å². The molecule has 142 valence electrons. The molecule has 2 aromatic rings. The Morgan fingerprint density at radius 1 is 1.15 bits per heavy atom. The Morgan fingerprint density at radius 2 is 1.92 bits per heavy atom. The van der Waals surface area contributed by atoms with Crippen LogP contribution in [0.1, 0.15) is 52.7 Å². The van der Waals surface area contributed by atoms with Gasteiger partial charge < -0.3 is 10.8 Å². The van der Waals surface area contributed by atoms with Crippen molar-refractivity contribution in [2.24, 2.45) is 5.73 Å². The molecule has 0 saturated carbocycles. The predicted molar refractivity (Wildman–Crippen MR) is 101 cm³/mol. The summed E-state index contributed by atoms with van der Waals surface area (Å²) < 4.78 is 26.0. The Balaban J connectivity index is 1.75. The number of rotatable bonds is 10. The van der Waals surface area contributed by atoms with Gasteiger partial charge in [-0.3, -0.25) is 4.79 Å². The molecule has 1 aromatic heterocycles. The van der Waals surface area contributed by atoms with E-state index >= 15 is 0 Å². The molecule has 1 atom stereocenters. The number of Topliss-reactive ketones (excluding diaryl/α,β-unsaturated/α-hetero) is 1. The number of benzene rings is 1.